The predicted molar refractivity (Wildman–Crippen MR) is 60.6 cm³/mol. The Kier molecular flexibility index (Phi) is 2.62. The smallest absolute Gasteiger partial charge is 0.0797 e. The number of rotatable bonds is 2. The molecule has 1 heterocycles. The van der Waals surface area contributed by atoms with Crippen LogP contribution in [0.5, 0.6) is 0 Å². The fourth-order valence-corrected chi connectivity index (χ4v) is 3.41. The number of fused-ring (bicyclic) bond motifs is 1. The molecule has 0 bridgehead atoms. The highest BCUT2D eigenvalue weighted by Gasteiger charge is 2.33. The van der Waals surface area contributed by atoms with Gasteiger partial charge in [0.05, 0.1) is 11.2 Å². The quantitative estimate of drug-likeness (QED) is 0.814. The monoisotopic (exact) mass is 210 g/mol. The summed E-state index contributed by atoms with van der Waals surface area (Å²) in [5.74, 6) is 0.659. The third-order valence-electron chi connectivity index (χ3n) is 3.00. The van der Waals surface area contributed by atoms with Crippen LogP contribution in [0.25, 0.3) is 0 Å². The van der Waals surface area contributed by atoms with E-state index in [1.807, 2.05) is 16.8 Å². The van der Waals surface area contributed by atoms with E-state index < -0.39 is 0 Å². The number of aromatic nitrogens is 1. The van der Waals surface area contributed by atoms with Gasteiger partial charge in [0.15, 0.2) is 0 Å². The summed E-state index contributed by atoms with van der Waals surface area (Å²) in [5.41, 5.74) is 9.37. The third kappa shape index (κ3) is 1.84. The Bertz CT molecular complexity index is 317. The maximum Gasteiger partial charge on any atom is 0.0797 e. The number of nitrogens with two attached hydrogens (primary N) is 1. The van der Waals surface area contributed by atoms with Crippen molar-refractivity contribution < 1.29 is 0 Å². The van der Waals surface area contributed by atoms with Crippen molar-refractivity contribution in [3.05, 3.63) is 16.1 Å². The summed E-state index contributed by atoms with van der Waals surface area (Å²) < 4.78 is 0. The van der Waals surface area contributed by atoms with Crippen LogP contribution in [0.2, 0.25) is 0 Å². The maximum absolute atomic E-state index is 5.66. The molecule has 1 aromatic heterocycles. The zero-order valence-corrected chi connectivity index (χ0v) is 9.73. The summed E-state index contributed by atoms with van der Waals surface area (Å²) >= 11 is 1.81. The molecule has 2 rings (SSSR count). The van der Waals surface area contributed by atoms with E-state index in [4.69, 9.17) is 5.73 Å². The summed E-state index contributed by atoms with van der Waals surface area (Å²) in [6, 6.07) is 0. The third-order valence-corrected chi connectivity index (χ3v) is 4.04. The van der Waals surface area contributed by atoms with Crippen LogP contribution in [0.4, 0.5) is 0 Å². The fourth-order valence-electron chi connectivity index (χ4n) is 2.46. The van der Waals surface area contributed by atoms with E-state index >= 15 is 0 Å². The predicted octanol–water partition coefficient (Wildman–Crippen LogP) is 2.55. The Hall–Kier alpha value is -0.410. The standard InChI is InChI=1S/C11H18N2S/c1-11(2)5-8(3-4-12)10-9(6-11)13-7-14-10/h7-8H,3-6,12H2,1-2H3. The second kappa shape index (κ2) is 3.63. The van der Waals surface area contributed by atoms with Crippen molar-refractivity contribution in [2.75, 3.05) is 6.54 Å². The van der Waals surface area contributed by atoms with Gasteiger partial charge in [-0.2, -0.15) is 0 Å². The first-order chi connectivity index (χ1) is 6.62. The summed E-state index contributed by atoms with van der Waals surface area (Å²) in [5, 5.41) is 0. The van der Waals surface area contributed by atoms with Crippen LogP contribution in [0, 0.1) is 5.41 Å². The number of nitrogens with zero attached hydrogens (tertiary/aromatic N) is 1. The summed E-state index contributed by atoms with van der Waals surface area (Å²) in [7, 11) is 0. The molecule has 0 radical (unpaired) electrons. The molecule has 1 unspecified atom stereocenters. The van der Waals surface area contributed by atoms with Gasteiger partial charge in [0.2, 0.25) is 0 Å². The molecule has 78 valence electrons. The van der Waals surface area contributed by atoms with Gasteiger partial charge in [-0.25, -0.2) is 4.98 Å². The van der Waals surface area contributed by atoms with Crippen molar-refractivity contribution in [3.8, 4) is 0 Å². The van der Waals surface area contributed by atoms with Crippen molar-refractivity contribution in [1.29, 1.82) is 0 Å². The van der Waals surface area contributed by atoms with E-state index in [0.29, 0.717) is 11.3 Å². The second-order valence-electron chi connectivity index (χ2n) is 4.98. The first kappa shape index (κ1) is 10.1. The van der Waals surface area contributed by atoms with Crippen molar-refractivity contribution in [3.63, 3.8) is 0 Å². The van der Waals surface area contributed by atoms with Gasteiger partial charge < -0.3 is 5.73 Å². The Morgan fingerprint density at radius 3 is 3.14 bits per heavy atom. The van der Waals surface area contributed by atoms with Gasteiger partial charge in [0.25, 0.3) is 0 Å². The van der Waals surface area contributed by atoms with Gasteiger partial charge >= 0.3 is 0 Å². The van der Waals surface area contributed by atoms with Gasteiger partial charge in [-0.3, -0.25) is 0 Å². The highest BCUT2D eigenvalue weighted by atomic mass is 32.1. The lowest BCUT2D eigenvalue weighted by atomic mass is 9.73. The van der Waals surface area contributed by atoms with Crippen LogP contribution in [-0.4, -0.2) is 11.5 Å². The molecule has 1 aromatic rings. The van der Waals surface area contributed by atoms with Gasteiger partial charge in [0.1, 0.15) is 0 Å². The lowest BCUT2D eigenvalue weighted by Gasteiger charge is -2.34. The molecule has 0 saturated carbocycles. The topological polar surface area (TPSA) is 38.9 Å². The first-order valence-corrected chi connectivity index (χ1v) is 6.13. The molecule has 0 aliphatic heterocycles. The normalized spacial score (nSPS) is 24.6. The second-order valence-corrected chi connectivity index (χ2v) is 5.87. The van der Waals surface area contributed by atoms with E-state index in [1.165, 1.54) is 17.0 Å². The Labute approximate surface area is 89.5 Å². The van der Waals surface area contributed by atoms with Crippen molar-refractivity contribution in [2.45, 2.75) is 39.0 Å². The van der Waals surface area contributed by atoms with E-state index in [2.05, 4.69) is 18.8 Å². The van der Waals surface area contributed by atoms with E-state index in [9.17, 15) is 0 Å². The molecule has 0 amide bonds. The number of hydrogen-bond acceptors (Lipinski definition) is 3. The molecular weight excluding hydrogens is 192 g/mol. The lowest BCUT2D eigenvalue weighted by Crippen LogP contribution is -2.26. The first-order valence-electron chi connectivity index (χ1n) is 5.25. The molecule has 1 aliphatic carbocycles. The minimum Gasteiger partial charge on any atom is -0.330 e. The fraction of sp³-hybridized carbons (Fsp3) is 0.727. The molecule has 14 heavy (non-hydrogen) atoms. The molecule has 0 fully saturated rings. The average molecular weight is 210 g/mol. The minimum absolute atomic E-state index is 0.404. The SMILES string of the molecule is CC1(C)Cc2ncsc2C(CCN)C1. The van der Waals surface area contributed by atoms with Crippen molar-refractivity contribution in [1.82, 2.24) is 4.98 Å². The van der Waals surface area contributed by atoms with E-state index in [1.54, 1.807) is 0 Å². The summed E-state index contributed by atoms with van der Waals surface area (Å²) in [6.07, 6.45) is 3.50. The molecule has 0 spiro atoms. The zero-order chi connectivity index (χ0) is 10.2. The van der Waals surface area contributed by atoms with Crippen LogP contribution in [0.1, 0.15) is 43.2 Å². The van der Waals surface area contributed by atoms with Crippen LogP contribution in [0.15, 0.2) is 5.51 Å². The molecule has 3 heteroatoms. The number of hydrogen-bond donors (Lipinski definition) is 1. The lowest BCUT2D eigenvalue weighted by molar-refractivity contribution is 0.275. The molecule has 0 saturated heterocycles. The molecule has 2 N–H and O–H groups in total. The van der Waals surface area contributed by atoms with E-state index in [0.717, 1.165) is 19.4 Å². The maximum atomic E-state index is 5.66. The summed E-state index contributed by atoms with van der Waals surface area (Å²) in [6.45, 7) is 5.45. The Morgan fingerprint density at radius 1 is 1.64 bits per heavy atom. The highest BCUT2D eigenvalue weighted by molar-refractivity contribution is 7.09. The van der Waals surface area contributed by atoms with Gasteiger partial charge in [-0.05, 0) is 37.1 Å². The molecular formula is C11H18N2S. The zero-order valence-electron chi connectivity index (χ0n) is 8.92. The van der Waals surface area contributed by atoms with Crippen LogP contribution in [0.3, 0.4) is 0 Å². The van der Waals surface area contributed by atoms with Gasteiger partial charge in [-0.1, -0.05) is 13.8 Å². The summed E-state index contributed by atoms with van der Waals surface area (Å²) in [4.78, 5) is 5.96. The Balaban J connectivity index is 2.28. The van der Waals surface area contributed by atoms with E-state index in [-0.39, 0.29) is 0 Å². The molecule has 0 aromatic carbocycles. The largest absolute Gasteiger partial charge is 0.330 e. The van der Waals surface area contributed by atoms with Gasteiger partial charge in [-0.15, -0.1) is 11.3 Å². The minimum atomic E-state index is 0.404. The molecule has 1 atom stereocenters. The van der Waals surface area contributed by atoms with Crippen molar-refractivity contribution in [2.24, 2.45) is 11.1 Å². The van der Waals surface area contributed by atoms with Crippen LogP contribution < -0.4 is 5.73 Å². The number of thiazole rings is 1. The van der Waals surface area contributed by atoms with Gasteiger partial charge in [0, 0.05) is 4.88 Å². The Morgan fingerprint density at radius 2 is 2.43 bits per heavy atom. The van der Waals surface area contributed by atoms with Crippen molar-refractivity contribution >= 4 is 11.3 Å². The highest BCUT2D eigenvalue weighted by Crippen LogP contribution is 2.44. The molecule has 1 aliphatic rings. The van der Waals surface area contributed by atoms with Crippen LogP contribution >= 0.6 is 11.3 Å². The average Bonchev–Trinajstić information content (AvgIpc) is 2.50. The molecule has 2 nitrogen and oxygen atoms in total. The van der Waals surface area contributed by atoms with Crippen LogP contribution in [-0.2, 0) is 6.42 Å².